The highest BCUT2D eigenvalue weighted by molar-refractivity contribution is 5.36. The molecule has 2 aromatic rings. The van der Waals surface area contributed by atoms with Crippen molar-refractivity contribution in [1.29, 1.82) is 0 Å². The fourth-order valence-electron chi connectivity index (χ4n) is 1.53. The lowest BCUT2D eigenvalue weighted by molar-refractivity contribution is -0.140. The summed E-state index contributed by atoms with van der Waals surface area (Å²) in [5, 5.41) is 9.06. The molecule has 1 heterocycles. The van der Waals surface area contributed by atoms with Gasteiger partial charge in [0.15, 0.2) is 0 Å². The van der Waals surface area contributed by atoms with Gasteiger partial charge in [-0.3, -0.25) is 0 Å². The normalized spacial score (nSPS) is 11.4. The van der Waals surface area contributed by atoms with Gasteiger partial charge in [0.05, 0.1) is 12.2 Å². The molecule has 3 nitrogen and oxygen atoms in total. The van der Waals surface area contributed by atoms with Crippen molar-refractivity contribution in [2.45, 2.75) is 12.8 Å². The highest BCUT2D eigenvalue weighted by atomic mass is 19.4. The average molecular weight is 287 g/mol. The predicted octanol–water partition coefficient (Wildman–Crippen LogP) is 3.52. The van der Waals surface area contributed by atoms with Crippen LogP contribution in [0.15, 0.2) is 36.5 Å². The Kier molecular flexibility index (Phi) is 3.89. The largest absolute Gasteiger partial charge is 0.439 e. The van der Waals surface area contributed by atoms with E-state index in [0.29, 0.717) is 17.7 Å². The quantitative estimate of drug-likeness (QED) is 0.878. The second kappa shape index (κ2) is 5.46. The third kappa shape index (κ3) is 3.05. The van der Waals surface area contributed by atoms with Gasteiger partial charge in [-0.15, -0.1) is 0 Å². The number of aliphatic hydroxyl groups excluding tert-OH is 1. The Hall–Kier alpha value is -2.15. The van der Waals surface area contributed by atoms with Crippen molar-refractivity contribution in [1.82, 2.24) is 4.98 Å². The molecule has 0 fully saturated rings. The van der Waals surface area contributed by atoms with E-state index in [1.54, 1.807) is 6.07 Å². The van der Waals surface area contributed by atoms with Gasteiger partial charge in [0.1, 0.15) is 11.6 Å². The fourth-order valence-corrected chi connectivity index (χ4v) is 1.53. The molecular weight excluding hydrogens is 278 g/mol. The van der Waals surface area contributed by atoms with Gasteiger partial charge in [-0.2, -0.15) is 13.2 Å². The summed E-state index contributed by atoms with van der Waals surface area (Å²) in [6, 6.07) is 5.33. The van der Waals surface area contributed by atoms with Gasteiger partial charge >= 0.3 is 6.18 Å². The molecular formula is C13H9F4NO2. The third-order valence-corrected chi connectivity index (χ3v) is 2.48. The van der Waals surface area contributed by atoms with Crippen molar-refractivity contribution in [3.8, 4) is 11.6 Å². The number of benzene rings is 1. The molecule has 0 aliphatic heterocycles. The zero-order chi connectivity index (χ0) is 14.8. The average Bonchev–Trinajstić information content (AvgIpc) is 2.40. The lowest BCUT2D eigenvalue weighted by atomic mass is 10.2. The molecule has 0 atom stereocenters. The molecule has 0 aliphatic carbocycles. The van der Waals surface area contributed by atoms with E-state index in [-0.39, 0.29) is 18.2 Å². The number of aliphatic hydroxyl groups is 1. The second-order valence-electron chi connectivity index (χ2n) is 3.87. The minimum Gasteiger partial charge on any atom is -0.439 e. The van der Waals surface area contributed by atoms with Crippen LogP contribution in [0.2, 0.25) is 0 Å². The Morgan fingerprint density at radius 3 is 2.60 bits per heavy atom. The molecule has 1 aromatic carbocycles. The van der Waals surface area contributed by atoms with Crippen LogP contribution in [-0.4, -0.2) is 10.1 Å². The van der Waals surface area contributed by atoms with Crippen LogP contribution in [0, 0.1) is 5.82 Å². The molecule has 0 aliphatic rings. The van der Waals surface area contributed by atoms with Gasteiger partial charge in [-0.25, -0.2) is 9.37 Å². The minimum atomic E-state index is -4.81. The molecule has 0 amide bonds. The zero-order valence-corrected chi connectivity index (χ0v) is 9.99. The molecule has 0 saturated carbocycles. The van der Waals surface area contributed by atoms with Gasteiger partial charge in [-0.05, 0) is 30.3 Å². The number of halogens is 4. The van der Waals surface area contributed by atoms with Crippen molar-refractivity contribution in [3.05, 3.63) is 53.5 Å². The Balaban J connectivity index is 2.35. The SMILES string of the molecule is OCc1cccnc1Oc1ccc(F)c(C(F)(F)F)c1. The molecule has 1 aromatic heterocycles. The van der Waals surface area contributed by atoms with Crippen molar-refractivity contribution < 1.29 is 27.4 Å². The Morgan fingerprint density at radius 2 is 1.95 bits per heavy atom. The van der Waals surface area contributed by atoms with Crippen LogP contribution in [0.25, 0.3) is 0 Å². The first-order valence-corrected chi connectivity index (χ1v) is 5.51. The minimum absolute atomic E-state index is 0.0327. The van der Waals surface area contributed by atoms with E-state index in [0.717, 1.165) is 6.07 Å². The molecule has 0 radical (unpaired) electrons. The summed E-state index contributed by atoms with van der Waals surface area (Å²) >= 11 is 0. The van der Waals surface area contributed by atoms with Crippen LogP contribution < -0.4 is 4.74 Å². The van der Waals surface area contributed by atoms with Crippen LogP contribution >= 0.6 is 0 Å². The Bertz CT molecular complexity index is 614. The number of pyridine rings is 1. The predicted molar refractivity (Wildman–Crippen MR) is 61.6 cm³/mol. The van der Waals surface area contributed by atoms with Gasteiger partial charge in [0.25, 0.3) is 0 Å². The molecule has 0 saturated heterocycles. The number of nitrogens with zero attached hydrogens (tertiary/aromatic N) is 1. The summed E-state index contributed by atoms with van der Waals surface area (Å²) in [6.07, 6.45) is -3.45. The van der Waals surface area contributed by atoms with Crippen molar-refractivity contribution >= 4 is 0 Å². The summed E-state index contributed by atoms with van der Waals surface area (Å²) in [6.45, 7) is -0.378. The number of alkyl halides is 3. The maximum Gasteiger partial charge on any atom is 0.419 e. The van der Waals surface area contributed by atoms with E-state index in [1.807, 2.05) is 0 Å². The van der Waals surface area contributed by atoms with Crippen LogP contribution in [0.3, 0.4) is 0 Å². The monoisotopic (exact) mass is 287 g/mol. The van der Waals surface area contributed by atoms with Gasteiger partial charge in [-0.1, -0.05) is 0 Å². The van der Waals surface area contributed by atoms with E-state index >= 15 is 0 Å². The van der Waals surface area contributed by atoms with Crippen molar-refractivity contribution in [3.63, 3.8) is 0 Å². The number of ether oxygens (including phenoxy) is 1. The number of rotatable bonds is 3. The highest BCUT2D eigenvalue weighted by Gasteiger charge is 2.34. The maximum absolute atomic E-state index is 13.1. The maximum atomic E-state index is 13.1. The van der Waals surface area contributed by atoms with Crippen LogP contribution in [0.1, 0.15) is 11.1 Å². The lowest BCUT2D eigenvalue weighted by Crippen LogP contribution is -2.08. The van der Waals surface area contributed by atoms with Crippen LogP contribution in [-0.2, 0) is 12.8 Å². The number of hydrogen-bond donors (Lipinski definition) is 1. The van der Waals surface area contributed by atoms with Crippen LogP contribution in [0.5, 0.6) is 11.6 Å². The summed E-state index contributed by atoms with van der Waals surface area (Å²) in [4.78, 5) is 3.80. The smallest absolute Gasteiger partial charge is 0.419 e. The van der Waals surface area contributed by atoms with E-state index in [9.17, 15) is 17.6 Å². The second-order valence-corrected chi connectivity index (χ2v) is 3.87. The first kappa shape index (κ1) is 14.3. The van der Waals surface area contributed by atoms with Crippen LogP contribution in [0.4, 0.5) is 17.6 Å². The summed E-state index contributed by atoms with van der Waals surface area (Å²) in [7, 11) is 0. The molecule has 2 rings (SSSR count). The van der Waals surface area contributed by atoms with E-state index in [1.165, 1.54) is 12.3 Å². The number of hydrogen-bond acceptors (Lipinski definition) is 3. The van der Waals surface area contributed by atoms with Gasteiger partial charge < -0.3 is 9.84 Å². The fraction of sp³-hybridized carbons (Fsp3) is 0.154. The van der Waals surface area contributed by atoms with Gasteiger partial charge in [0.2, 0.25) is 5.88 Å². The number of aromatic nitrogens is 1. The molecule has 7 heteroatoms. The first-order valence-electron chi connectivity index (χ1n) is 5.51. The van der Waals surface area contributed by atoms with Crippen molar-refractivity contribution in [2.24, 2.45) is 0 Å². The van der Waals surface area contributed by atoms with Crippen molar-refractivity contribution in [2.75, 3.05) is 0 Å². The molecule has 106 valence electrons. The van der Waals surface area contributed by atoms with E-state index < -0.39 is 17.6 Å². The molecule has 0 unspecified atom stereocenters. The first-order chi connectivity index (χ1) is 9.41. The van der Waals surface area contributed by atoms with E-state index in [4.69, 9.17) is 9.84 Å². The molecule has 1 N–H and O–H groups in total. The zero-order valence-electron chi connectivity index (χ0n) is 9.99. The summed E-state index contributed by atoms with van der Waals surface area (Å²) in [5.41, 5.74) is -1.11. The standard InChI is InChI=1S/C13H9F4NO2/c14-11-4-3-9(6-10(11)13(15,16)17)20-12-8(7-19)2-1-5-18-12/h1-6,19H,7H2. The van der Waals surface area contributed by atoms with Gasteiger partial charge in [0, 0.05) is 11.8 Å². The Morgan fingerprint density at radius 1 is 1.20 bits per heavy atom. The summed E-state index contributed by atoms with van der Waals surface area (Å²) in [5.74, 6) is -1.63. The summed E-state index contributed by atoms with van der Waals surface area (Å²) < 4.78 is 56.0. The Labute approximate surface area is 111 Å². The molecule has 20 heavy (non-hydrogen) atoms. The molecule has 0 bridgehead atoms. The third-order valence-electron chi connectivity index (χ3n) is 2.48. The lowest BCUT2D eigenvalue weighted by Gasteiger charge is -2.11. The topological polar surface area (TPSA) is 42.4 Å². The van der Waals surface area contributed by atoms with E-state index in [2.05, 4.69) is 4.98 Å². The highest BCUT2D eigenvalue weighted by Crippen LogP contribution is 2.34. The molecule has 0 spiro atoms.